The molecule has 4 nitrogen and oxygen atoms in total. The monoisotopic (exact) mass is 338 g/mol. The van der Waals surface area contributed by atoms with Gasteiger partial charge in [0.2, 0.25) is 0 Å². The first-order valence-corrected chi connectivity index (χ1v) is 8.92. The smallest absolute Gasteiger partial charge is 0.295 e. The summed E-state index contributed by atoms with van der Waals surface area (Å²) in [5.74, 6) is 1.38. The van der Waals surface area contributed by atoms with Crippen LogP contribution >= 0.6 is 0 Å². The number of hydrogen-bond donors (Lipinski definition) is 1. The molecule has 0 fully saturated rings. The molecule has 0 saturated heterocycles. The minimum absolute atomic E-state index is 0.101. The zero-order valence-electron chi connectivity index (χ0n) is 12.6. The Labute approximate surface area is 140 Å². The molecule has 1 N–H and O–H groups in total. The fraction of sp³-hybridized carbons (Fsp3) is 0.0526. The maximum Gasteiger partial charge on any atom is 0.295 e. The number of benzene rings is 3. The molecule has 24 heavy (non-hydrogen) atoms. The molecule has 1 aliphatic rings. The fourth-order valence-electron chi connectivity index (χ4n) is 3.07. The summed E-state index contributed by atoms with van der Waals surface area (Å²) in [7, 11) is -4.35. The summed E-state index contributed by atoms with van der Waals surface area (Å²) in [5, 5.41) is 0. The van der Waals surface area contributed by atoms with Crippen LogP contribution in [0.2, 0.25) is 0 Å². The predicted molar refractivity (Wildman–Crippen MR) is 91.0 cm³/mol. The van der Waals surface area contributed by atoms with E-state index >= 15 is 0 Å². The Bertz CT molecular complexity index is 1020. The first kappa shape index (κ1) is 14.9. The molecule has 0 aliphatic carbocycles. The number of ether oxygens (including phenoxy) is 1. The van der Waals surface area contributed by atoms with Gasteiger partial charge in [-0.05, 0) is 29.3 Å². The lowest BCUT2D eigenvalue weighted by molar-refractivity contribution is 0.458. The Morgan fingerprint density at radius 3 is 2.29 bits per heavy atom. The van der Waals surface area contributed by atoms with Crippen molar-refractivity contribution in [3.63, 3.8) is 0 Å². The van der Waals surface area contributed by atoms with Crippen molar-refractivity contribution >= 4 is 10.1 Å². The van der Waals surface area contributed by atoms with Crippen molar-refractivity contribution in [3.05, 3.63) is 77.9 Å². The van der Waals surface area contributed by atoms with Crippen LogP contribution < -0.4 is 4.74 Å². The van der Waals surface area contributed by atoms with E-state index in [4.69, 9.17) is 4.74 Å². The predicted octanol–water partition coefficient (Wildman–Crippen LogP) is 4.30. The Morgan fingerprint density at radius 2 is 1.54 bits per heavy atom. The van der Waals surface area contributed by atoms with Gasteiger partial charge in [0.1, 0.15) is 16.4 Å². The molecular weight excluding hydrogens is 324 g/mol. The van der Waals surface area contributed by atoms with Crippen LogP contribution in [0.1, 0.15) is 11.1 Å². The van der Waals surface area contributed by atoms with Gasteiger partial charge in [-0.15, -0.1) is 0 Å². The van der Waals surface area contributed by atoms with Crippen molar-refractivity contribution in [2.45, 2.75) is 11.3 Å². The van der Waals surface area contributed by atoms with E-state index in [0.29, 0.717) is 17.7 Å². The van der Waals surface area contributed by atoms with Gasteiger partial charge in [-0.2, -0.15) is 8.42 Å². The quantitative estimate of drug-likeness (QED) is 0.554. The van der Waals surface area contributed by atoms with E-state index in [9.17, 15) is 13.0 Å². The second-order valence-corrected chi connectivity index (χ2v) is 7.03. The second kappa shape index (κ2) is 5.47. The third-order valence-corrected chi connectivity index (χ3v) is 5.03. The lowest BCUT2D eigenvalue weighted by Crippen LogP contribution is -2.09. The standard InChI is InChI=1S/C19H14O4S/c20-24(21,22)18-11-10-17-15(19(18)13-6-2-1-3-7-13)12-14-8-4-5-9-16(14)23-17/h1-11H,12H2,(H,20,21,22). The van der Waals surface area contributed by atoms with Crippen LogP contribution in [0.3, 0.4) is 0 Å². The van der Waals surface area contributed by atoms with E-state index in [1.807, 2.05) is 54.6 Å². The van der Waals surface area contributed by atoms with Crippen molar-refractivity contribution in [1.82, 2.24) is 0 Å². The highest BCUT2D eigenvalue weighted by Gasteiger charge is 2.26. The summed E-state index contributed by atoms with van der Waals surface area (Å²) in [5.41, 5.74) is 2.96. The number of fused-ring (bicyclic) bond motifs is 2. The number of para-hydroxylation sites is 1. The Kier molecular flexibility index (Phi) is 3.40. The van der Waals surface area contributed by atoms with Crippen molar-refractivity contribution in [3.8, 4) is 22.6 Å². The minimum Gasteiger partial charge on any atom is -0.457 e. The van der Waals surface area contributed by atoms with Crippen molar-refractivity contribution < 1.29 is 17.7 Å². The van der Waals surface area contributed by atoms with E-state index in [0.717, 1.165) is 22.4 Å². The zero-order valence-corrected chi connectivity index (χ0v) is 13.5. The molecule has 0 atom stereocenters. The zero-order chi connectivity index (χ0) is 16.7. The average Bonchev–Trinajstić information content (AvgIpc) is 2.59. The van der Waals surface area contributed by atoms with Gasteiger partial charge in [0.25, 0.3) is 10.1 Å². The molecule has 5 heteroatoms. The molecule has 3 aromatic carbocycles. The van der Waals surface area contributed by atoms with Crippen LogP contribution in [-0.4, -0.2) is 13.0 Å². The molecule has 0 spiro atoms. The summed E-state index contributed by atoms with van der Waals surface area (Å²) in [4.78, 5) is -0.101. The summed E-state index contributed by atoms with van der Waals surface area (Å²) in [6, 6.07) is 19.8. The largest absolute Gasteiger partial charge is 0.457 e. The van der Waals surface area contributed by atoms with Crippen LogP contribution in [0.25, 0.3) is 11.1 Å². The van der Waals surface area contributed by atoms with E-state index in [1.54, 1.807) is 6.07 Å². The number of hydrogen-bond acceptors (Lipinski definition) is 3. The Hall–Kier alpha value is -2.63. The topological polar surface area (TPSA) is 63.6 Å². The summed E-state index contributed by atoms with van der Waals surface area (Å²) < 4.78 is 39.3. The second-order valence-electron chi connectivity index (χ2n) is 5.64. The third kappa shape index (κ3) is 2.48. The Balaban J connectivity index is 2.00. The van der Waals surface area contributed by atoms with Crippen molar-refractivity contribution in [2.24, 2.45) is 0 Å². The maximum absolute atomic E-state index is 11.9. The summed E-state index contributed by atoms with van der Waals surface area (Å²) in [6.07, 6.45) is 0.541. The van der Waals surface area contributed by atoms with E-state index < -0.39 is 10.1 Å². The first-order chi connectivity index (χ1) is 11.5. The van der Waals surface area contributed by atoms with Crippen LogP contribution in [0.5, 0.6) is 11.5 Å². The van der Waals surface area contributed by atoms with Crippen LogP contribution in [0.4, 0.5) is 0 Å². The molecule has 4 rings (SSSR count). The van der Waals surface area contributed by atoms with Crippen LogP contribution in [0, 0.1) is 0 Å². The normalized spacial score (nSPS) is 12.9. The van der Waals surface area contributed by atoms with Gasteiger partial charge in [-0.3, -0.25) is 4.55 Å². The lowest BCUT2D eigenvalue weighted by Gasteiger charge is -2.24. The highest BCUT2D eigenvalue weighted by atomic mass is 32.2. The molecule has 120 valence electrons. The average molecular weight is 338 g/mol. The molecule has 0 unspecified atom stereocenters. The highest BCUT2D eigenvalue weighted by Crippen LogP contribution is 2.43. The van der Waals surface area contributed by atoms with Gasteiger partial charge < -0.3 is 4.74 Å². The van der Waals surface area contributed by atoms with E-state index in [-0.39, 0.29) is 4.90 Å². The van der Waals surface area contributed by atoms with Crippen LogP contribution in [-0.2, 0) is 16.5 Å². The Morgan fingerprint density at radius 1 is 0.833 bits per heavy atom. The summed E-state index contributed by atoms with van der Waals surface area (Å²) in [6.45, 7) is 0. The van der Waals surface area contributed by atoms with Gasteiger partial charge in [-0.25, -0.2) is 0 Å². The molecular formula is C19H14O4S. The molecule has 0 bridgehead atoms. The van der Waals surface area contributed by atoms with Gasteiger partial charge in [0.05, 0.1) is 0 Å². The SMILES string of the molecule is O=S(=O)(O)c1ccc2c(c1-c1ccccc1)Cc1ccccc1O2. The molecule has 0 amide bonds. The van der Waals surface area contributed by atoms with Crippen molar-refractivity contribution in [2.75, 3.05) is 0 Å². The van der Waals surface area contributed by atoms with Gasteiger partial charge in [-0.1, -0.05) is 48.5 Å². The maximum atomic E-state index is 11.9. The van der Waals surface area contributed by atoms with E-state index in [2.05, 4.69) is 0 Å². The molecule has 0 radical (unpaired) electrons. The molecule has 0 saturated carbocycles. The van der Waals surface area contributed by atoms with E-state index in [1.165, 1.54) is 6.07 Å². The van der Waals surface area contributed by atoms with Gasteiger partial charge in [0.15, 0.2) is 0 Å². The first-order valence-electron chi connectivity index (χ1n) is 7.48. The van der Waals surface area contributed by atoms with Gasteiger partial charge in [0, 0.05) is 17.5 Å². The molecule has 1 heterocycles. The summed E-state index contributed by atoms with van der Waals surface area (Å²) >= 11 is 0. The van der Waals surface area contributed by atoms with Crippen LogP contribution in [0.15, 0.2) is 71.6 Å². The molecule has 1 aliphatic heterocycles. The highest BCUT2D eigenvalue weighted by molar-refractivity contribution is 7.86. The fourth-order valence-corrected chi connectivity index (χ4v) is 3.81. The molecule has 0 aromatic heterocycles. The lowest BCUT2D eigenvalue weighted by atomic mass is 9.92. The number of rotatable bonds is 2. The molecule has 3 aromatic rings. The van der Waals surface area contributed by atoms with Gasteiger partial charge >= 0.3 is 0 Å². The third-order valence-electron chi connectivity index (χ3n) is 4.13. The van der Waals surface area contributed by atoms with Crippen molar-refractivity contribution in [1.29, 1.82) is 0 Å². The minimum atomic E-state index is -4.35.